The number of aryl methyl sites for hydroxylation is 1. The number of rotatable bonds is 4. The molecule has 82 valence electrons. The maximum atomic E-state index is 11.3. The van der Waals surface area contributed by atoms with Crippen LogP contribution in [0.25, 0.3) is 0 Å². The molecule has 0 fully saturated rings. The highest BCUT2D eigenvalue weighted by molar-refractivity contribution is 5.74. The maximum Gasteiger partial charge on any atom is 0.347 e. The van der Waals surface area contributed by atoms with Gasteiger partial charge in [0, 0.05) is 18.0 Å². The molecule has 4 nitrogen and oxygen atoms in total. The zero-order valence-electron chi connectivity index (χ0n) is 9.19. The number of esters is 1. The monoisotopic (exact) mass is 209 g/mol. The topological polar surface area (TPSA) is 48.4 Å². The first-order chi connectivity index (χ1) is 7.13. The zero-order valence-corrected chi connectivity index (χ0v) is 9.19. The SMILES string of the molecule is CCOC(=O)C(C)Oc1ccnc(C)c1. The predicted molar refractivity (Wildman–Crippen MR) is 55.7 cm³/mol. The van der Waals surface area contributed by atoms with Crippen LogP contribution in [0, 0.1) is 6.92 Å². The van der Waals surface area contributed by atoms with Crippen LogP contribution in [-0.4, -0.2) is 23.7 Å². The second-order valence-electron chi connectivity index (χ2n) is 3.15. The lowest BCUT2D eigenvalue weighted by atomic mass is 10.3. The molecule has 1 rings (SSSR count). The minimum absolute atomic E-state index is 0.355. The van der Waals surface area contributed by atoms with Gasteiger partial charge in [0.2, 0.25) is 0 Å². The van der Waals surface area contributed by atoms with Crippen LogP contribution in [0.15, 0.2) is 18.3 Å². The van der Waals surface area contributed by atoms with Gasteiger partial charge in [-0.1, -0.05) is 0 Å². The van der Waals surface area contributed by atoms with Crippen LogP contribution in [0.4, 0.5) is 0 Å². The Morgan fingerprint density at radius 1 is 1.60 bits per heavy atom. The van der Waals surface area contributed by atoms with Gasteiger partial charge in [-0.2, -0.15) is 0 Å². The van der Waals surface area contributed by atoms with Gasteiger partial charge in [0.15, 0.2) is 6.10 Å². The fraction of sp³-hybridized carbons (Fsp3) is 0.455. The van der Waals surface area contributed by atoms with E-state index in [1.807, 2.05) is 6.92 Å². The third kappa shape index (κ3) is 3.58. The third-order valence-corrected chi connectivity index (χ3v) is 1.80. The lowest BCUT2D eigenvalue weighted by Crippen LogP contribution is -2.26. The van der Waals surface area contributed by atoms with Crippen LogP contribution in [0.3, 0.4) is 0 Å². The summed E-state index contributed by atoms with van der Waals surface area (Å²) >= 11 is 0. The number of carbonyl (C=O) groups is 1. The molecule has 1 aromatic heterocycles. The molecule has 0 radical (unpaired) electrons. The van der Waals surface area contributed by atoms with E-state index in [4.69, 9.17) is 9.47 Å². The summed E-state index contributed by atoms with van der Waals surface area (Å²) in [5.74, 6) is 0.273. The van der Waals surface area contributed by atoms with E-state index in [9.17, 15) is 4.79 Å². The van der Waals surface area contributed by atoms with Gasteiger partial charge >= 0.3 is 5.97 Å². The molecule has 0 saturated carbocycles. The Labute approximate surface area is 89.2 Å². The van der Waals surface area contributed by atoms with E-state index >= 15 is 0 Å². The summed E-state index contributed by atoms with van der Waals surface area (Å²) in [5, 5.41) is 0. The second kappa shape index (κ2) is 5.34. The van der Waals surface area contributed by atoms with E-state index in [-0.39, 0.29) is 5.97 Å². The summed E-state index contributed by atoms with van der Waals surface area (Å²) < 4.78 is 10.2. The lowest BCUT2D eigenvalue weighted by molar-refractivity contribution is -0.150. The Balaban J connectivity index is 2.58. The number of nitrogens with zero attached hydrogens (tertiary/aromatic N) is 1. The minimum Gasteiger partial charge on any atom is -0.479 e. The van der Waals surface area contributed by atoms with Crippen LogP contribution < -0.4 is 4.74 Å². The molecule has 4 heteroatoms. The summed E-state index contributed by atoms with van der Waals surface area (Å²) in [6.45, 7) is 5.65. The number of hydrogen-bond donors (Lipinski definition) is 0. The fourth-order valence-corrected chi connectivity index (χ4v) is 1.10. The molecule has 1 unspecified atom stereocenters. The minimum atomic E-state index is -0.591. The van der Waals surface area contributed by atoms with Crippen LogP contribution in [0.5, 0.6) is 5.75 Å². The summed E-state index contributed by atoms with van der Waals surface area (Å²) in [6, 6.07) is 3.48. The highest BCUT2D eigenvalue weighted by atomic mass is 16.6. The van der Waals surface area contributed by atoms with E-state index in [0.29, 0.717) is 12.4 Å². The quantitative estimate of drug-likeness (QED) is 0.708. The van der Waals surface area contributed by atoms with Gasteiger partial charge in [-0.05, 0) is 26.8 Å². The summed E-state index contributed by atoms with van der Waals surface area (Å²) in [4.78, 5) is 15.3. The molecule has 1 aromatic rings. The Morgan fingerprint density at radius 3 is 2.93 bits per heavy atom. The molecule has 15 heavy (non-hydrogen) atoms. The van der Waals surface area contributed by atoms with Crippen molar-refractivity contribution in [3.63, 3.8) is 0 Å². The number of aromatic nitrogens is 1. The largest absolute Gasteiger partial charge is 0.479 e. The average molecular weight is 209 g/mol. The van der Waals surface area contributed by atoms with Gasteiger partial charge in [0.05, 0.1) is 6.61 Å². The van der Waals surface area contributed by atoms with E-state index in [1.54, 1.807) is 32.2 Å². The highest BCUT2D eigenvalue weighted by Crippen LogP contribution is 2.12. The number of hydrogen-bond acceptors (Lipinski definition) is 4. The molecular weight excluding hydrogens is 194 g/mol. The summed E-state index contributed by atoms with van der Waals surface area (Å²) in [6.07, 6.45) is 1.05. The first-order valence-electron chi connectivity index (χ1n) is 4.89. The molecule has 1 atom stereocenters. The van der Waals surface area contributed by atoms with Gasteiger partial charge in [0.1, 0.15) is 5.75 Å². The van der Waals surface area contributed by atoms with Crippen molar-refractivity contribution in [3.05, 3.63) is 24.0 Å². The van der Waals surface area contributed by atoms with E-state index in [0.717, 1.165) is 5.69 Å². The molecule has 0 bridgehead atoms. The van der Waals surface area contributed by atoms with Gasteiger partial charge in [-0.25, -0.2) is 4.79 Å². The Kier molecular flexibility index (Phi) is 4.09. The molecule has 0 aromatic carbocycles. The molecular formula is C11H15NO3. The molecule has 0 spiro atoms. The van der Waals surface area contributed by atoms with Gasteiger partial charge in [0.25, 0.3) is 0 Å². The highest BCUT2D eigenvalue weighted by Gasteiger charge is 2.15. The van der Waals surface area contributed by atoms with Crippen LogP contribution in [0.2, 0.25) is 0 Å². The average Bonchev–Trinajstić information content (AvgIpc) is 2.18. The first kappa shape index (κ1) is 11.5. The van der Waals surface area contributed by atoms with Crippen molar-refractivity contribution in [3.8, 4) is 5.75 Å². The molecule has 0 saturated heterocycles. The van der Waals surface area contributed by atoms with Gasteiger partial charge in [-0.3, -0.25) is 4.98 Å². The van der Waals surface area contributed by atoms with E-state index in [1.165, 1.54) is 0 Å². The van der Waals surface area contributed by atoms with Crippen LogP contribution >= 0.6 is 0 Å². The summed E-state index contributed by atoms with van der Waals surface area (Å²) in [7, 11) is 0. The van der Waals surface area contributed by atoms with Gasteiger partial charge in [-0.15, -0.1) is 0 Å². The van der Waals surface area contributed by atoms with Crippen molar-refractivity contribution in [1.82, 2.24) is 4.98 Å². The maximum absolute atomic E-state index is 11.3. The molecule has 0 aliphatic rings. The third-order valence-electron chi connectivity index (χ3n) is 1.80. The van der Waals surface area contributed by atoms with Crippen molar-refractivity contribution in [2.24, 2.45) is 0 Å². The second-order valence-corrected chi connectivity index (χ2v) is 3.15. The molecule has 0 N–H and O–H groups in total. The normalized spacial score (nSPS) is 11.9. The molecule has 0 aliphatic heterocycles. The van der Waals surface area contributed by atoms with E-state index in [2.05, 4.69) is 4.98 Å². The van der Waals surface area contributed by atoms with Crippen molar-refractivity contribution in [2.45, 2.75) is 26.9 Å². The number of pyridine rings is 1. The Morgan fingerprint density at radius 2 is 2.33 bits per heavy atom. The first-order valence-corrected chi connectivity index (χ1v) is 4.89. The zero-order chi connectivity index (χ0) is 11.3. The van der Waals surface area contributed by atoms with Crippen LogP contribution in [0.1, 0.15) is 19.5 Å². The Bertz CT molecular complexity index is 338. The number of ether oxygens (including phenoxy) is 2. The van der Waals surface area contributed by atoms with Gasteiger partial charge < -0.3 is 9.47 Å². The van der Waals surface area contributed by atoms with Crippen LogP contribution in [-0.2, 0) is 9.53 Å². The predicted octanol–water partition coefficient (Wildman–Crippen LogP) is 1.72. The molecule has 0 amide bonds. The van der Waals surface area contributed by atoms with Crippen molar-refractivity contribution < 1.29 is 14.3 Å². The van der Waals surface area contributed by atoms with Crippen molar-refractivity contribution in [2.75, 3.05) is 6.61 Å². The van der Waals surface area contributed by atoms with Crippen molar-refractivity contribution >= 4 is 5.97 Å². The lowest BCUT2D eigenvalue weighted by Gasteiger charge is -2.13. The number of carbonyl (C=O) groups excluding carboxylic acids is 1. The smallest absolute Gasteiger partial charge is 0.347 e. The Hall–Kier alpha value is -1.58. The fourth-order valence-electron chi connectivity index (χ4n) is 1.10. The standard InChI is InChI=1S/C11H15NO3/c1-4-14-11(13)9(3)15-10-5-6-12-8(2)7-10/h5-7,9H,4H2,1-3H3. The summed E-state index contributed by atoms with van der Waals surface area (Å²) in [5.41, 5.74) is 0.851. The molecule has 1 heterocycles. The molecule has 0 aliphatic carbocycles. The van der Waals surface area contributed by atoms with E-state index < -0.39 is 6.10 Å². The van der Waals surface area contributed by atoms with Crippen molar-refractivity contribution in [1.29, 1.82) is 0 Å².